The average Bonchev–Trinajstić information content (AvgIpc) is 3.01. The normalized spacial score (nSPS) is 19.4. The Morgan fingerprint density at radius 3 is 2.30 bits per heavy atom. The van der Waals surface area contributed by atoms with Crippen LogP contribution in [-0.2, 0) is 9.53 Å². The molecule has 1 fully saturated rings. The summed E-state index contributed by atoms with van der Waals surface area (Å²) in [6, 6.07) is 14.6. The predicted octanol–water partition coefficient (Wildman–Crippen LogP) is 3.90. The summed E-state index contributed by atoms with van der Waals surface area (Å²) in [4.78, 5) is 11.3. The summed E-state index contributed by atoms with van der Waals surface area (Å²) in [5, 5.41) is 7.05. The van der Waals surface area contributed by atoms with Gasteiger partial charge in [0.1, 0.15) is 29.5 Å². The van der Waals surface area contributed by atoms with Crippen molar-refractivity contribution in [1.82, 2.24) is 0 Å². The molecule has 1 saturated heterocycles. The van der Waals surface area contributed by atoms with E-state index in [1.54, 1.807) is 0 Å². The van der Waals surface area contributed by atoms with Crippen molar-refractivity contribution in [2.24, 2.45) is 5.73 Å². The lowest BCUT2D eigenvalue weighted by Crippen LogP contribution is -2.31. The number of cyclic esters (lactones) is 1. The maximum Gasteiger partial charge on any atom is 0.306 e. The summed E-state index contributed by atoms with van der Waals surface area (Å²) in [5.41, 5.74) is 6.65. The van der Waals surface area contributed by atoms with Crippen molar-refractivity contribution in [3.05, 3.63) is 60.2 Å². The third-order valence-electron chi connectivity index (χ3n) is 4.27. The van der Waals surface area contributed by atoms with Gasteiger partial charge >= 0.3 is 5.97 Å². The molecule has 1 aliphatic rings. The SMILES string of the molecule is C[C@]1(COc2ccc(Oc3ccc(/C(N)=C/C=N)cc3)cc2)CCC(=O)O1. The third kappa shape index (κ3) is 4.88. The Kier molecular flexibility index (Phi) is 5.45. The highest BCUT2D eigenvalue weighted by atomic mass is 16.6. The van der Waals surface area contributed by atoms with Crippen LogP contribution in [0.15, 0.2) is 54.6 Å². The van der Waals surface area contributed by atoms with Crippen molar-refractivity contribution >= 4 is 17.9 Å². The van der Waals surface area contributed by atoms with E-state index in [-0.39, 0.29) is 5.97 Å². The topological polar surface area (TPSA) is 94.6 Å². The zero-order chi connectivity index (χ0) is 19.3. The minimum Gasteiger partial charge on any atom is -0.489 e. The fourth-order valence-electron chi connectivity index (χ4n) is 2.72. The molecule has 0 aromatic heterocycles. The van der Waals surface area contributed by atoms with Gasteiger partial charge in [-0.25, -0.2) is 0 Å². The number of nitrogens with two attached hydrogens (primary N) is 1. The molecule has 3 rings (SSSR count). The van der Waals surface area contributed by atoms with Gasteiger partial charge in [-0.05, 0) is 67.1 Å². The van der Waals surface area contributed by atoms with E-state index in [2.05, 4.69) is 0 Å². The van der Waals surface area contributed by atoms with E-state index in [1.807, 2.05) is 55.5 Å². The van der Waals surface area contributed by atoms with Crippen molar-refractivity contribution in [3.63, 3.8) is 0 Å². The van der Waals surface area contributed by atoms with E-state index < -0.39 is 5.60 Å². The molecule has 1 aliphatic heterocycles. The molecule has 140 valence electrons. The molecule has 0 radical (unpaired) electrons. The van der Waals surface area contributed by atoms with Gasteiger partial charge in [-0.15, -0.1) is 0 Å². The van der Waals surface area contributed by atoms with E-state index in [1.165, 1.54) is 6.08 Å². The fourth-order valence-corrected chi connectivity index (χ4v) is 2.72. The average molecular weight is 366 g/mol. The molecule has 0 spiro atoms. The number of esters is 1. The summed E-state index contributed by atoms with van der Waals surface area (Å²) < 4.78 is 16.9. The van der Waals surface area contributed by atoms with Crippen LogP contribution in [0.3, 0.4) is 0 Å². The highest BCUT2D eigenvalue weighted by Gasteiger charge is 2.36. The first kappa shape index (κ1) is 18.5. The van der Waals surface area contributed by atoms with Gasteiger partial charge in [0, 0.05) is 24.8 Å². The lowest BCUT2D eigenvalue weighted by atomic mass is 10.0. The number of hydrogen-bond donors (Lipinski definition) is 2. The maximum atomic E-state index is 11.3. The molecule has 0 aliphatic carbocycles. The zero-order valence-electron chi connectivity index (χ0n) is 15.1. The minimum atomic E-state index is -0.554. The molecule has 0 bridgehead atoms. The third-order valence-corrected chi connectivity index (χ3v) is 4.27. The van der Waals surface area contributed by atoms with Gasteiger partial charge in [0.05, 0.1) is 0 Å². The van der Waals surface area contributed by atoms with E-state index in [0.29, 0.717) is 42.4 Å². The number of hydrogen-bond acceptors (Lipinski definition) is 6. The Morgan fingerprint density at radius 1 is 1.15 bits per heavy atom. The van der Waals surface area contributed by atoms with Gasteiger partial charge in [0.25, 0.3) is 0 Å². The molecule has 1 atom stereocenters. The van der Waals surface area contributed by atoms with Gasteiger partial charge in [0.15, 0.2) is 0 Å². The van der Waals surface area contributed by atoms with Crippen molar-refractivity contribution in [1.29, 1.82) is 5.41 Å². The number of carbonyl (C=O) groups excluding carboxylic acids is 1. The highest BCUT2D eigenvalue weighted by molar-refractivity contribution is 5.81. The van der Waals surface area contributed by atoms with Crippen LogP contribution >= 0.6 is 0 Å². The van der Waals surface area contributed by atoms with Crippen LogP contribution in [0, 0.1) is 5.41 Å². The lowest BCUT2D eigenvalue weighted by molar-refractivity contribution is -0.149. The first-order valence-corrected chi connectivity index (χ1v) is 8.67. The van der Waals surface area contributed by atoms with Crippen molar-refractivity contribution in [2.45, 2.75) is 25.4 Å². The van der Waals surface area contributed by atoms with E-state index in [9.17, 15) is 4.79 Å². The number of nitrogens with one attached hydrogen (secondary N) is 1. The first-order valence-electron chi connectivity index (χ1n) is 8.67. The van der Waals surface area contributed by atoms with E-state index in [4.69, 9.17) is 25.4 Å². The van der Waals surface area contributed by atoms with Crippen LogP contribution in [0.1, 0.15) is 25.3 Å². The van der Waals surface area contributed by atoms with Gasteiger partial charge in [0.2, 0.25) is 0 Å². The molecule has 27 heavy (non-hydrogen) atoms. The van der Waals surface area contributed by atoms with Gasteiger partial charge in [-0.1, -0.05) is 0 Å². The molecule has 1 heterocycles. The standard InChI is InChI=1S/C21H22N2O4/c1-21(12-10-20(24)27-21)14-25-16-6-8-18(9-7-16)26-17-4-2-15(3-5-17)19(23)11-13-22/h2-9,11,13,22H,10,12,14,23H2,1H3/b19-11-,22-13?/t21-/m1/s1. The van der Waals surface area contributed by atoms with Crippen LogP contribution in [0.25, 0.3) is 5.70 Å². The van der Waals surface area contributed by atoms with Gasteiger partial charge < -0.3 is 25.4 Å². The minimum absolute atomic E-state index is 0.175. The molecule has 2 aromatic carbocycles. The molecular formula is C21H22N2O4. The van der Waals surface area contributed by atoms with Crippen molar-refractivity contribution in [3.8, 4) is 17.2 Å². The Labute approximate surface area is 158 Å². The summed E-state index contributed by atoms with van der Waals surface area (Å²) in [6.07, 6.45) is 3.79. The monoisotopic (exact) mass is 366 g/mol. The molecule has 0 amide bonds. The van der Waals surface area contributed by atoms with E-state index >= 15 is 0 Å². The lowest BCUT2D eigenvalue weighted by Gasteiger charge is -2.22. The second-order valence-electron chi connectivity index (χ2n) is 6.60. The van der Waals surface area contributed by atoms with Crippen LogP contribution in [0.2, 0.25) is 0 Å². The number of rotatable bonds is 7. The Bertz CT molecular complexity index is 843. The molecule has 0 unspecified atom stereocenters. The number of carbonyl (C=O) groups is 1. The number of benzene rings is 2. The molecule has 6 heteroatoms. The van der Waals surface area contributed by atoms with Gasteiger partial charge in [-0.3, -0.25) is 4.79 Å². The second kappa shape index (κ2) is 7.95. The molecule has 3 N–H and O–H groups in total. The quantitative estimate of drug-likeness (QED) is 0.572. The largest absolute Gasteiger partial charge is 0.489 e. The molecule has 2 aromatic rings. The van der Waals surface area contributed by atoms with Crippen LogP contribution in [0.5, 0.6) is 17.2 Å². The molecule has 6 nitrogen and oxygen atoms in total. The molecule has 0 saturated carbocycles. The maximum absolute atomic E-state index is 11.3. The summed E-state index contributed by atoms with van der Waals surface area (Å²) in [5.74, 6) is 1.87. The fraction of sp³-hybridized carbons (Fsp3) is 0.238. The van der Waals surface area contributed by atoms with Gasteiger partial charge in [-0.2, -0.15) is 0 Å². The zero-order valence-corrected chi connectivity index (χ0v) is 15.1. The van der Waals surface area contributed by atoms with E-state index in [0.717, 1.165) is 11.8 Å². The van der Waals surface area contributed by atoms with Crippen molar-refractivity contribution in [2.75, 3.05) is 6.61 Å². The predicted molar refractivity (Wildman–Crippen MR) is 103 cm³/mol. The van der Waals surface area contributed by atoms with Crippen molar-refractivity contribution < 1.29 is 19.0 Å². The summed E-state index contributed by atoms with van der Waals surface area (Å²) >= 11 is 0. The first-order chi connectivity index (χ1) is 13.0. The highest BCUT2D eigenvalue weighted by Crippen LogP contribution is 2.28. The van der Waals surface area contributed by atoms with Crippen LogP contribution in [-0.4, -0.2) is 24.4 Å². The van der Waals surface area contributed by atoms with Crippen LogP contribution < -0.4 is 15.2 Å². The number of ether oxygens (including phenoxy) is 3. The summed E-state index contributed by atoms with van der Waals surface area (Å²) in [7, 11) is 0. The second-order valence-corrected chi connectivity index (χ2v) is 6.60. The number of allylic oxidation sites excluding steroid dienone is 1. The smallest absolute Gasteiger partial charge is 0.306 e. The summed E-state index contributed by atoms with van der Waals surface area (Å²) in [6.45, 7) is 2.20. The Morgan fingerprint density at radius 2 is 1.74 bits per heavy atom. The Balaban J connectivity index is 1.57. The Hall–Kier alpha value is -3.28. The molecular weight excluding hydrogens is 344 g/mol. The van der Waals surface area contributed by atoms with Crippen LogP contribution in [0.4, 0.5) is 0 Å².